The van der Waals surface area contributed by atoms with Gasteiger partial charge in [-0.25, -0.2) is 0 Å². The van der Waals surface area contributed by atoms with Gasteiger partial charge in [-0.15, -0.1) is 0 Å². The topological polar surface area (TPSA) is 101 Å². The third-order valence-electron chi connectivity index (χ3n) is 11.8. The molecule has 58 heavy (non-hydrogen) atoms. The van der Waals surface area contributed by atoms with Crippen LogP contribution in [0.25, 0.3) is 0 Å². The number of ether oxygens (including phenoxy) is 5. The summed E-state index contributed by atoms with van der Waals surface area (Å²) in [5.74, 6) is 0.950. The first-order valence-corrected chi connectivity index (χ1v) is 24.8. The molecule has 1 aliphatic heterocycles. The molecule has 0 aromatic rings. The molecule has 0 atom stereocenters. The maximum absolute atomic E-state index is 12.8. The Kier molecular flexibility index (Phi) is 38.1. The van der Waals surface area contributed by atoms with E-state index in [0.717, 1.165) is 64.6 Å². The molecule has 1 fully saturated rings. The molecule has 0 aromatic heterocycles. The van der Waals surface area contributed by atoms with Gasteiger partial charge in [0, 0.05) is 45.7 Å². The van der Waals surface area contributed by atoms with E-state index in [1.807, 2.05) is 0 Å². The molecule has 1 saturated heterocycles. The fourth-order valence-corrected chi connectivity index (χ4v) is 8.05. The summed E-state index contributed by atoms with van der Waals surface area (Å²) in [5, 5.41) is 0. The van der Waals surface area contributed by atoms with Crippen LogP contribution in [0.1, 0.15) is 220 Å². The summed E-state index contributed by atoms with van der Waals surface area (Å²) in [7, 11) is 0. The molecule has 0 amide bonds. The highest BCUT2D eigenvalue weighted by atomic mass is 16.5. The molecule has 0 saturated carbocycles. The van der Waals surface area contributed by atoms with Gasteiger partial charge >= 0.3 is 17.9 Å². The Morgan fingerprint density at radius 3 is 1.24 bits per heavy atom. The Balaban J connectivity index is 2.30. The summed E-state index contributed by atoms with van der Waals surface area (Å²) in [5.41, 5.74) is 0. The van der Waals surface area contributed by atoms with E-state index in [1.165, 1.54) is 116 Å². The molecule has 0 bridgehead atoms. The van der Waals surface area contributed by atoms with Gasteiger partial charge in [0.15, 0.2) is 0 Å². The summed E-state index contributed by atoms with van der Waals surface area (Å²) in [6, 6.07) is 0. The van der Waals surface area contributed by atoms with Crippen molar-refractivity contribution in [3.8, 4) is 0 Å². The van der Waals surface area contributed by atoms with Crippen LogP contribution in [0.15, 0.2) is 0 Å². The minimum Gasteiger partial charge on any atom is -0.466 e. The smallest absolute Gasteiger partial charge is 0.306 e. The molecule has 342 valence electrons. The van der Waals surface area contributed by atoms with E-state index >= 15 is 0 Å². The molecule has 0 aliphatic carbocycles. The minimum atomic E-state index is -0.169. The maximum atomic E-state index is 12.8. The molecular weight excluding hydrogens is 731 g/mol. The van der Waals surface area contributed by atoms with Crippen LogP contribution in [0.5, 0.6) is 0 Å². The number of carbonyl (C=O) groups is 3. The van der Waals surface area contributed by atoms with Crippen LogP contribution < -0.4 is 0 Å². The zero-order chi connectivity index (χ0) is 42.2. The Bertz CT molecular complexity index is 866. The fraction of sp³-hybridized carbons (Fsp3) is 0.939. The molecule has 9 heteroatoms. The monoisotopic (exact) mass is 824 g/mol. The molecule has 0 aromatic carbocycles. The van der Waals surface area contributed by atoms with Crippen LogP contribution >= 0.6 is 0 Å². The molecule has 0 N–H and O–H groups in total. The van der Waals surface area contributed by atoms with Gasteiger partial charge in [0.05, 0.1) is 13.2 Å². The van der Waals surface area contributed by atoms with Crippen molar-refractivity contribution < 1.29 is 38.1 Å². The average Bonchev–Trinajstić information content (AvgIpc) is 3.73. The van der Waals surface area contributed by atoms with Crippen molar-refractivity contribution in [2.75, 3.05) is 59.3 Å². The van der Waals surface area contributed by atoms with Crippen molar-refractivity contribution in [3.63, 3.8) is 0 Å². The highest BCUT2D eigenvalue weighted by Crippen LogP contribution is 2.23. The fourth-order valence-electron chi connectivity index (χ4n) is 8.05. The summed E-state index contributed by atoms with van der Waals surface area (Å²) in [6.45, 7) is 15.4. The van der Waals surface area contributed by atoms with Gasteiger partial charge < -0.3 is 28.6 Å². The lowest BCUT2D eigenvalue weighted by atomic mass is 9.92. The van der Waals surface area contributed by atoms with E-state index in [2.05, 4.69) is 32.6 Å². The number of rotatable bonds is 43. The van der Waals surface area contributed by atoms with Gasteiger partial charge in [-0.05, 0) is 102 Å². The largest absolute Gasteiger partial charge is 0.466 e. The van der Waals surface area contributed by atoms with E-state index in [4.69, 9.17) is 23.7 Å². The number of likely N-dealkylation sites (tertiary alicyclic amines) is 1. The SMILES string of the molecule is CCCCCC(CCCCC)CCOC(=O)CCCOCCCC(CCCOCCCC(=O)OCCC(CCCCC)CCCCC)OC(=O)CCCN1CCCC1. The van der Waals surface area contributed by atoms with Gasteiger partial charge in [-0.2, -0.15) is 0 Å². The average molecular weight is 824 g/mol. The van der Waals surface area contributed by atoms with Gasteiger partial charge in [0.1, 0.15) is 6.10 Å². The van der Waals surface area contributed by atoms with Gasteiger partial charge in [0.25, 0.3) is 0 Å². The second kappa shape index (κ2) is 40.7. The highest BCUT2D eigenvalue weighted by Gasteiger charge is 2.17. The van der Waals surface area contributed by atoms with Crippen LogP contribution in [0.2, 0.25) is 0 Å². The zero-order valence-electron chi connectivity index (χ0n) is 38.5. The van der Waals surface area contributed by atoms with Crippen molar-refractivity contribution in [3.05, 3.63) is 0 Å². The van der Waals surface area contributed by atoms with Crippen molar-refractivity contribution >= 4 is 17.9 Å². The number of hydrogen-bond donors (Lipinski definition) is 0. The van der Waals surface area contributed by atoms with E-state index in [0.29, 0.717) is 83.6 Å². The number of nitrogens with zero attached hydrogens (tertiary/aromatic N) is 1. The van der Waals surface area contributed by atoms with Crippen LogP contribution in [0.4, 0.5) is 0 Å². The predicted octanol–water partition coefficient (Wildman–Crippen LogP) is 12.3. The van der Waals surface area contributed by atoms with Crippen LogP contribution in [0, 0.1) is 11.8 Å². The second-order valence-electron chi connectivity index (χ2n) is 17.2. The predicted molar refractivity (Wildman–Crippen MR) is 238 cm³/mol. The van der Waals surface area contributed by atoms with Gasteiger partial charge in [0.2, 0.25) is 0 Å². The molecule has 0 spiro atoms. The van der Waals surface area contributed by atoms with E-state index < -0.39 is 0 Å². The lowest BCUT2D eigenvalue weighted by Gasteiger charge is -2.19. The minimum absolute atomic E-state index is 0.121. The molecular formula is C49H93NO8. The first kappa shape index (κ1) is 54.3. The second-order valence-corrected chi connectivity index (χ2v) is 17.2. The quantitative estimate of drug-likeness (QED) is 0.0338. The molecule has 9 nitrogen and oxygen atoms in total. The van der Waals surface area contributed by atoms with Crippen LogP contribution in [-0.2, 0) is 38.1 Å². The first-order valence-electron chi connectivity index (χ1n) is 24.8. The Morgan fingerprint density at radius 2 is 0.828 bits per heavy atom. The van der Waals surface area contributed by atoms with Crippen molar-refractivity contribution in [2.24, 2.45) is 11.8 Å². The lowest BCUT2D eigenvalue weighted by molar-refractivity contribution is -0.150. The van der Waals surface area contributed by atoms with Crippen molar-refractivity contribution in [1.29, 1.82) is 0 Å². The van der Waals surface area contributed by atoms with Crippen LogP contribution in [0.3, 0.4) is 0 Å². The maximum Gasteiger partial charge on any atom is 0.306 e. The summed E-state index contributed by atoms with van der Waals surface area (Å²) < 4.78 is 28.9. The lowest BCUT2D eigenvalue weighted by Crippen LogP contribution is -2.23. The third-order valence-corrected chi connectivity index (χ3v) is 11.8. The molecule has 1 heterocycles. The molecule has 0 unspecified atom stereocenters. The normalized spacial score (nSPS) is 13.3. The Morgan fingerprint density at radius 1 is 0.431 bits per heavy atom. The number of unbranched alkanes of at least 4 members (excludes halogenated alkanes) is 8. The molecule has 1 rings (SSSR count). The van der Waals surface area contributed by atoms with Gasteiger partial charge in [-0.1, -0.05) is 130 Å². The number of hydrogen-bond acceptors (Lipinski definition) is 9. The first-order chi connectivity index (χ1) is 28.4. The summed E-state index contributed by atoms with van der Waals surface area (Å²) in [6.07, 6.45) is 30.8. The number of carbonyl (C=O) groups excluding carboxylic acids is 3. The standard InChI is InChI=1S/C49H93NO8/c1-5-9-13-24-44(25-14-10-6-2)33-42-56-47(51)31-22-40-54-38-20-28-46(58-49(53)30-19-37-50-35-17-18-36-50)29-21-39-55-41-23-32-48(52)57-43-34-45(26-15-11-7-3)27-16-12-8-4/h44-46H,5-43H2,1-4H3. The van der Waals surface area contributed by atoms with Crippen molar-refractivity contribution in [1.82, 2.24) is 4.90 Å². The third kappa shape index (κ3) is 34.0. The zero-order valence-corrected chi connectivity index (χ0v) is 38.5. The van der Waals surface area contributed by atoms with Crippen molar-refractivity contribution in [2.45, 2.75) is 226 Å². The molecule has 1 aliphatic rings. The Labute approximate surface area is 357 Å². The van der Waals surface area contributed by atoms with E-state index in [-0.39, 0.29) is 24.0 Å². The Hall–Kier alpha value is -1.71. The van der Waals surface area contributed by atoms with Crippen LogP contribution in [-0.4, -0.2) is 88.2 Å². The summed E-state index contributed by atoms with van der Waals surface area (Å²) in [4.78, 5) is 39.9. The molecule has 0 radical (unpaired) electrons. The number of esters is 3. The van der Waals surface area contributed by atoms with E-state index in [9.17, 15) is 14.4 Å². The van der Waals surface area contributed by atoms with E-state index in [1.54, 1.807) is 0 Å². The highest BCUT2D eigenvalue weighted by molar-refractivity contribution is 5.70. The summed E-state index contributed by atoms with van der Waals surface area (Å²) >= 11 is 0. The van der Waals surface area contributed by atoms with Gasteiger partial charge in [-0.3, -0.25) is 14.4 Å².